The number of hydrogen-bond donors (Lipinski definition) is 2. The minimum atomic E-state index is -0.557. The third-order valence-electron chi connectivity index (χ3n) is 5.25. The fourth-order valence-corrected chi connectivity index (χ4v) is 3.98. The predicted octanol–water partition coefficient (Wildman–Crippen LogP) is 8.94. The van der Waals surface area contributed by atoms with Gasteiger partial charge in [-0.25, -0.2) is 18.4 Å². The third kappa shape index (κ3) is 12.1. The summed E-state index contributed by atoms with van der Waals surface area (Å²) < 4.78 is 35.9. The Morgan fingerprint density at radius 1 is 0.786 bits per heavy atom. The lowest BCUT2D eigenvalue weighted by Crippen LogP contribution is -2.05. The molecule has 0 bridgehead atoms. The molecular formula is C31H31BrCl2F2N2O4. The zero-order valence-electron chi connectivity index (χ0n) is 22.1. The number of alkyl halides is 1. The van der Waals surface area contributed by atoms with Gasteiger partial charge in [0.15, 0.2) is 0 Å². The quantitative estimate of drug-likeness (QED) is 0.120. The molecule has 0 saturated heterocycles. The number of halogens is 5. The molecule has 6 nitrogen and oxygen atoms in total. The van der Waals surface area contributed by atoms with Crippen molar-refractivity contribution in [2.24, 2.45) is 0 Å². The van der Waals surface area contributed by atoms with Crippen molar-refractivity contribution in [2.75, 3.05) is 25.3 Å². The van der Waals surface area contributed by atoms with Crippen molar-refractivity contribution in [2.45, 2.75) is 19.3 Å². The zero-order valence-corrected chi connectivity index (χ0v) is 25.2. The molecule has 11 heteroatoms. The Balaban J connectivity index is 0.000000344. The second kappa shape index (κ2) is 18.7. The number of carbonyl (C=O) groups excluding carboxylic acids is 2. The molecule has 0 spiro atoms. The predicted molar refractivity (Wildman–Crippen MR) is 169 cm³/mol. The molecule has 4 aromatic carbocycles. The van der Waals surface area contributed by atoms with Gasteiger partial charge in [0.2, 0.25) is 0 Å². The molecule has 0 aliphatic heterocycles. The molecule has 0 fully saturated rings. The van der Waals surface area contributed by atoms with Crippen LogP contribution in [0.4, 0.5) is 20.2 Å². The number of nitrogens with one attached hydrogen (secondary N) is 1. The van der Waals surface area contributed by atoms with Gasteiger partial charge < -0.3 is 20.5 Å². The van der Waals surface area contributed by atoms with Crippen molar-refractivity contribution in [3.8, 4) is 0 Å². The molecule has 4 aromatic rings. The largest absolute Gasteiger partial charge is 0.465 e. The van der Waals surface area contributed by atoms with Crippen LogP contribution in [0.2, 0.25) is 10.0 Å². The zero-order chi connectivity index (χ0) is 30.4. The van der Waals surface area contributed by atoms with E-state index in [1.807, 2.05) is 12.1 Å². The summed E-state index contributed by atoms with van der Waals surface area (Å²) in [5.74, 6) is -1.94. The number of rotatable bonds is 6. The topological polar surface area (TPSA) is 90.6 Å². The maximum atomic E-state index is 13.9. The van der Waals surface area contributed by atoms with Crippen LogP contribution in [-0.2, 0) is 21.3 Å². The minimum absolute atomic E-state index is 0. The summed E-state index contributed by atoms with van der Waals surface area (Å²) in [4.78, 5) is 22.2. The van der Waals surface area contributed by atoms with E-state index < -0.39 is 23.6 Å². The molecule has 4 rings (SSSR count). The Morgan fingerprint density at radius 3 is 1.69 bits per heavy atom. The third-order valence-corrected chi connectivity index (χ3v) is 6.32. The van der Waals surface area contributed by atoms with Crippen molar-refractivity contribution in [1.82, 2.24) is 0 Å². The van der Waals surface area contributed by atoms with Crippen molar-refractivity contribution in [3.63, 3.8) is 0 Å². The smallest absolute Gasteiger partial charge is 0.337 e. The van der Waals surface area contributed by atoms with E-state index in [0.29, 0.717) is 38.7 Å². The summed E-state index contributed by atoms with van der Waals surface area (Å²) in [6, 6.07) is 22.8. The van der Waals surface area contributed by atoms with Crippen LogP contribution in [0.1, 0.15) is 39.3 Å². The first-order chi connectivity index (χ1) is 19.6. The average Bonchev–Trinajstić information content (AvgIpc) is 2.96. The molecule has 224 valence electrons. The summed E-state index contributed by atoms with van der Waals surface area (Å²) in [6.07, 6.45) is 0. The van der Waals surface area contributed by atoms with Gasteiger partial charge in [-0.1, -0.05) is 70.8 Å². The molecule has 0 aromatic heterocycles. The number of benzene rings is 4. The highest BCUT2D eigenvalue weighted by Gasteiger charge is 2.10. The number of nitrogens with two attached hydrogens (primary N) is 1. The lowest BCUT2D eigenvalue weighted by Gasteiger charge is -2.08. The molecule has 3 N–H and O–H groups in total. The molecule has 0 atom stereocenters. The van der Waals surface area contributed by atoms with Crippen LogP contribution in [0, 0.1) is 11.6 Å². The van der Waals surface area contributed by atoms with Crippen LogP contribution < -0.4 is 11.1 Å². The fourth-order valence-electron chi connectivity index (χ4n) is 3.14. The van der Waals surface area contributed by atoms with Gasteiger partial charge in [0.05, 0.1) is 25.3 Å². The first-order valence-corrected chi connectivity index (χ1v) is 13.8. The number of carbonyl (C=O) groups is 2. The number of nitrogen functional groups attached to an aromatic ring is 1. The molecular weight excluding hydrogens is 653 g/mol. The van der Waals surface area contributed by atoms with Crippen molar-refractivity contribution in [3.05, 3.63) is 129 Å². The first kappa shape index (κ1) is 36.4. The highest BCUT2D eigenvalue weighted by Crippen LogP contribution is 2.18. The maximum absolute atomic E-state index is 13.9. The van der Waals surface area contributed by atoms with Gasteiger partial charge in [-0.05, 0) is 66.2 Å². The normalized spacial score (nSPS) is 9.60. The summed E-state index contributed by atoms with van der Waals surface area (Å²) in [7, 11) is 2.52. The van der Waals surface area contributed by atoms with E-state index in [1.54, 1.807) is 48.5 Å². The highest BCUT2D eigenvalue weighted by atomic mass is 79.9. The van der Waals surface area contributed by atoms with Gasteiger partial charge in [0.25, 0.3) is 0 Å². The number of hydrogen-bond acceptors (Lipinski definition) is 6. The van der Waals surface area contributed by atoms with Crippen molar-refractivity contribution < 1.29 is 27.8 Å². The molecule has 0 radical (unpaired) electrons. The average molecular weight is 684 g/mol. The van der Waals surface area contributed by atoms with Crippen LogP contribution in [-0.4, -0.2) is 26.2 Å². The number of ether oxygens (including phenoxy) is 2. The van der Waals surface area contributed by atoms with Crippen molar-refractivity contribution in [1.29, 1.82) is 0 Å². The van der Waals surface area contributed by atoms with Gasteiger partial charge in [-0.2, -0.15) is 0 Å². The molecule has 42 heavy (non-hydrogen) atoms. The maximum Gasteiger partial charge on any atom is 0.337 e. The Hall–Kier alpha value is -3.66. The van der Waals surface area contributed by atoms with Crippen LogP contribution in [0.15, 0.2) is 84.9 Å². The van der Waals surface area contributed by atoms with Crippen LogP contribution >= 0.6 is 39.1 Å². The van der Waals surface area contributed by atoms with Crippen molar-refractivity contribution >= 4 is 62.4 Å². The summed E-state index contributed by atoms with van der Waals surface area (Å²) in [6.45, 7) is 0.299. The van der Waals surface area contributed by atoms with E-state index in [0.717, 1.165) is 5.69 Å². The van der Waals surface area contributed by atoms with Gasteiger partial charge >= 0.3 is 11.9 Å². The number of esters is 2. The first-order valence-electron chi connectivity index (χ1n) is 11.9. The SMILES string of the molecule is C.COC(=O)c1ccc(CBr)c(F)c1.COC(=O)c1ccc(CNc2cccc(Cl)c2)c(F)c1.Nc1cccc(Cl)c1. The van der Waals surface area contributed by atoms with Crippen LogP contribution in [0.3, 0.4) is 0 Å². The van der Waals surface area contributed by atoms with Gasteiger partial charge in [-0.3, -0.25) is 0 Å². The molecule has 0 aliphatic carbocycles. The van der Waals surface area contributed by atoms with Gasteiger partial charge in [0.1, 0.15) is 11.6 Å². The van der Waals surface area contributed by atoms with Gasteiger partial charge in [0, 0.05) is 38.9 Å². The monoisotopic (exact) mass is 682 g/mol. The van der Waals surface area contributed by atoms with E-state index in [1.165, 1.54) is 38.5 Å². The second-order valence-electron chi connectivity index (χ2n) is 8.15. The Bertz CT molecular complexity index is 1460. The number of anilines is 2. The van der Waals surface area contributed by atoms with E-state index in [-0.39, 0.29) is 18.6 Å². The molecule has 0 saturated carbocycles. The Morgan fingerprint density at radius 2 is 1.29 bits per heavy atom. The lowest BCUT2D eigenvalue weighted by atomic mass is 10.1. The van der Waals surface area contributed by atoms with E-state index in [4.69, 9.17) is 28.9 Å². The summed E-state index contributed by atoms with van der Waals surface area (Å²) in [5, 5.41) is 4.79. The van der Waals surface area contributed by atoms with E-state index in [9.17, 15) is 18.4 Å². The lowest BCUT2D eigenvalue weighted by molar-refractivity contribution is 0.0591. The molecule has 0 amide bonds. The van der Waals surface area contributed by atoms with E-state index in [2.05, 4.69) is 30.7 Å². The number of methoxy groups -OCH3 is 2. The molecule has 0 heterocycles. The highest BCUT2D eigenvalue weighted by molar-refractivity contribution is 9.08. The molecule has 0 aliphatic rings. The van der Waals surface area contributed by atoms with Crippen LogP contribution in [0.25, 0.3) is 0 Å². The Labute approximate surface area is 262 Å². The minimum Gasteiger partial charge on any atom is -0.465 e. The van der Waals surface area contributed by atoms with Crippen LogP contribution in [0.5, 0.6) is 0 Å². The molecule has 0 unspecified atom stereocenters. The summed E-state index contributed by atoms with van der Waals surface area (Å²) in [5.41, 5.74) is 8.28. The fraction of sp³-hybridized carbons (Fsp3) is 0.161. The van der Waals surface area contributed by atoms with E-state index >= 15 is 0 Å². The second-order valence-corrected chi connectivity index (χ2v) is 9.58. The summed E-state index contributed by atoms with van der Waals surface area (Å²) >= 11 is 14.6. The standard InChI is InChI=1S/C15H13ClFNO2.C9H8BrFO2.C6H6ClN.CH4/c1-20-15(19)10-5-6-11(14(17)7-10)9-18-13-4-2-3-12(16)8-13;1-13-9(12)6-2-3-7(5-10)8(11)4-6;7-5-2-1-3-6(8)4-5;/h2-8,18H,9H2,1H3;2-4H,5H2,1H3;1-4H,8H2;1H4. The van der Waals surface area contributed by atoms with Gasteiger partial charge in [-0.15, -0.1) is 0 Å². The Kier molecular flexibility index (Phi) is 16.2.